The van der Waals surface area contributed by atoms with Gasteiger partial charge in [-0.1, -0.05) is 6.07 Å². The molecule has 0 radical (unpaired) electrons. The number of aliphatic carboxylic acids is 1. The number of rotatable bonds is 4. The molecule has 0 saturated carbocycles. The van der Waals surface area contributed by atoms with E-state index in [1.165, 1.54) is 36.4 Å². The van der Waals surface area contributed by atoms with Gasteiger partial charge < -0.3 is 30.3 Å². The molecule has 0 aromatic heterocycles. The van der Waals surface area contributed by atoms with Crippen LogP contribution in [0.4, 0.5) is 0 Å². The van der Waals surface area contributed by atoms with Gasteiger partial charge in [0, 0.05) is 5.92 Å². The van der Waals surface area contributed by atoms with Gasteiger partial charge in [-0.15, -0.1) is 0 Å². The first-order chi connectivity index (χ1) is 13.2. The second-order valence-corrected chi connectivity index (χ2v) is 6.33. The van der Waals surface area contributed by atoms with Gasteiger partial charge in [0.1, 0.15) is 0 Å². The fraction of sp³-hybridized carbons (Fsp3) is 0.200. The van der Waals surface area contributed by atoms with Crippen molar-refractivity contribution in [2.45, 2.75) is 12.8 Å². The lowest BCUT2D eigenvalue weighted by Gasteiger charge is -2.32. The van der Waals surface area contributed by atoms with Crippen molar-refractivity contribution < 1.29 is 39.9 Å². The van der Waals surface area contributed by atoms with Crippen molar-refractivity contribution in [3.8, 4) is 23.0 Å². The molecule has 28 heavy (non-hydrogen) atoms. The van der Waals surface area contributed by atoms with Gasteiger partial charge in [0.25, 0.3) is 0 Å². The van der Waals surface area contributed by atoms with E-state index in [0.29, 0.717) is 16.7 Å². The molecular formula is C20H18O8. The highest BCUT2D eigenvalue weighted by Gasteiger charge is 2.42. The molecule has 146 valence electrons. The normalized spacial score (nSPS) is 18.1. The average Bonchev–Trinajstić information content (AvgIpc) is 2.63. The zero-order chi connectivity index (χ0) is 20.6. The van der Waals surface area contributed by atoms with Gasteiger partial charge in [-0.2, -0.15) is 0 Å². The van der Waals surface area contributed by atoms with Crippen molar-refractivity contribution in [1.29, 1.82) is 0 Å². The fourth-order valence-electron chi connectivity index (χ4n) is 3.42. The van der Waals surface area contributed by atoms with E-state index in [-0.39, 0.29) is 17.9 Å². The second-order valence-electron chi connectivity index (χ2n) is 6.33. The Labute approximate surface area is 159 Å². The van der Waals surface area contributed by atoms with E-state index < -0.39 is 41.0 Å². The quantitative estimate of drug-likeness (QED) is 0.398. The molecule has 0 saturated heterocycles. The lowest BCUT2D eigenvalue weighted by atomic mass is 9.71. The van der Waals surface area contributed by atoms with E-state index >= 15 is 0 Å². The lowest BCUT2D eigenvalue weighted by Crippen LogP contribution is -2.32. The summed E-state index contributed by atoms with van der Waals surface area (Å²) in [7, 11) is 0. The minimum Gasteiger partial charge on any atom is -0.504 e. The van der Waals surface area contributed by atoms with E-state index in [1.54, 1.807) is 6.92 Å². The molecule has 1 aliphatic carbocycles. The Kier molecular flexibility index (Phi) is 4.87. The highest BCUT2D eigenvalue weighted by Crippen LogP contribution is 2.47. The maximum absolute atomic E-state index is 12.7. The molecule has 0 bridgehead atoms. The Bertz CT molecular complexity index is 992. The predicted molar refractivity (Wildman–Crippen MR) is 97.1 cm³/mol. The van der Waals surface area contributed by atoms with E-state index in [0.717, 1.165) is 0 Å². The molecule has 2 aromatic rings. The molecule has 0 heterocycles. The molecule has 0 spiro atoms. The molecule has 0 amide bonds. The van der Waals surface area contributed by atoms with Crippen LogP contribution in [0.1, 0.15) is 29.5 Å². The zero-order valence-corrected chi connectivity index (χ0v) is 14.8. The van der Waals surface area contributed by atoms with Crippen molar-refractivity contribution in [1.82, 2.24) is 0 Å². The molecule has 2 atom stereocenters. The Morgan fingerprint density at radius 2 is 1.61 bits per heavy atom. The van der Waals surface area contributed by atoms with Crippen LogP contribution in [0.2, 0.25) is 0 Å². The summed E-state index contributed by atoms with van der Waals surface area (Å²) in [6.07, 6.45) is 1.25. The summed E-state index contributed by atoms with van der Waals surface area (Å²) in [4.78, 5) is 24.5. The van der Waals surface area contributed by atoms with Crippen LogP contribution in [0.25, 0.3) is 6.08 Å². The van der Waals surface area contributed by atoms with Crippen molar-refractivity contribution in [2.24, 2.45) is 5.92 Å². The molecule has 3 rings (SSSR count). The van der Waals surface area contributed by atoms with Crippen LogP contribution in [0, 0.1) is 5.92 Å². The van der Waals surface area contributed by atoms with Crippen LogP contribution in [-0.2, 0) is 14.3 Å². The highest BCUT2D eigenvalue weighted by atomic mass is 16.5. The van der Waals surface area contributed by atoms with Gasteiger partial charge in [-0.3, -0.25) is 4.79 Å². The largest absolute Gasteiger partial charge is 0.504 e. The molecule has 2 unspecified atom stereocenters. The summed E-state index contributed by atoms with van der Waals surface area (Å²) in [6, 6.07) is 6.30. The third-order valence-corrected chi connectivity index (χ3v) is 4.64. The average molecular weight is 386 g/mol. The Hall–Kier alpha value is -3.68. The van der Waals surface area contributed by atoms with Crippen LogP contribution in [0.15, 0.2) is 35.9 Å². The predicted octanol–water partition coefficient (Wildman–Crippen LogP) is 2.30. The topological polar surface area (TPSA) is 145 Å². The van der Waals surface area contributed by atoms with Crippen LogP contribution in [-0.4, -0.2) is 44.1 Å². The minimum atomic E-state index is -1.34. The third-order valence-electron chi connectivity index (χ3n) is 4.64. The highest BCUT2D eigenvalue weighted by molar-refractivity contribution is 6.01. The number of carbonyl (C=O) groups excluding carboxylic acids is 1. The second kappa shape index (κ2) is 7.15. The Balaban J connectivity index is 2.31. The lowest BCUT2D eigenvalue weighted by molar-refractivity contribution is -0.149. The molecule has 8 nitrogen and oxygen atoms in total. The minimum absolute atomic E-state index is 0.0312. The van der Waals surface area contributed by atoms with Gasteiger partial charge in [0.2, 0.25) is 0 Å². The van der Waals surface area contributed by atoms with Crippen LogP contribution < -0.4 is 0 Å². The maximum Gasteiger partial charge on any atom is 0.332 e. The molecule has 5 N–H and O–H groups in total. The third kappa shape index (κ3) is 3.20. The summed E-state index contributed by atoms with van der Waals surface area (Å²) < 4.78 is 5.07. The van der Waals surface area contributed by atoms with Crippen molar-refractivity contribution in [2.75, 3.05) is 6.61 Å². The zero-order valence-electron chi connectivity index (χ0n) is 14.8. The molecule has 1 aliphatic rings. The van der Waals surface area contributed by atoms with Crippen molar-refractivity contribution in [3.05, 3.63) is 52.6 Å². The number of aromatic hydroxyl groups is 4. The standard InChI is InChI=1S/C20H18O8/c1-2-28-20(27)18-12(19(25)26)5-10-7-15(23)16(24)8-11(10)17(18)9-3-4-13(21)14(22)6-9/h3-8,17-18,21-24H,2H2,1H3,(H,25,26). The summed E-state index contributed by atoms with van der Waals surface area (Å²) >= 11 is 0. The number of benzene rings is 2. The van der Waals surface area contributed by atoms with Gasteiger partial charge >= 0.3 is 11.9 Å². The SMILES string of the molecule is CCOC(=O)C1C(C(=O)O)=Cc2cc(O)c(O)cc2C1c1ccc(O)c(O)c1. The monoisotopic (exact) mass is 386 g/mol. The Morgan fingerprint density at radius 1 is 0.964 bits per heavy atom. The van der Waals surface area contributed by atoms with Crippen LogP contribution in [0.3, 0.4) is 0 Å². The number of ether oxygens (including phenoxy) is 1. The van der Waals surface area contributed by atoms with Crippen LogP contribution >= 0.6 is 0 Å². The number of fused-ring (bicyclic) bond motifs is 1. The van der Waals surface area contributed by atoms with E-state index in [4.69, 9.17) is 4.74 Å². The summed E-state index contributed by atoms with van der Waals surface area (Å²) in [6.45, 7) is 1.62. The van der Waals surface area contributed by atoms with E-state index in [9.17, 15) is 35.1 Å². The summed E-state index contributed by atoms with van der Waals surface area (Å²) in [5.41, 5.74) is 0.731. The number of hydrogen-bond acceptors (Lipinski definition) is 7. The molecule has 0 aliphatic heterocycles. The number of phenolic OH excluding ortho intramolecular Hbond substituents is 4. The molecular weight excluding hydrogens is 368 g/mol. The first kappa shape index (κ1) is 19.1. The van der Waals surface area contributed by atoms with Crippen molar-refractivity contribution in [3.63, 3.8) is 0 Å². The van der Waals surface area contributed by atoms with Gasteiger partial charge in [0.05, 0.1) is 18.1 Å². The number of phenols is 4. The first-order valence-electron chi connectivity index (χ1n) is 8.43. The number of esters is 1. The van der Waals surface area contributed by atoms with Gasteiger partial charge in [-0.25, -0.2) is 4.79 Å². The van der Waals surface area contributed by atoms with Gasteiger partial charge in [-0.05, 0) is 54.0 Å². The smallest absolute Gasteiger partial charge is 0.332 e. The summed E-state index contributed by atoms with van der Waals surface area (Å²) in [5.74, 6) is -6.05. The first-order valence-corrected chi connectivity index (χ1v) is 8.43. The Morgan fingerprint density at radius 3 is 2.21 bits per heavy atom. The number of hydrogen-bond donors (Lipinski definition) is 5. The number of carbonyl (C=O) groups is 2. The fourth-order valence-corrected chi connectivity index (χ4v) is 3.42. The number of carboxylic acids is 1. The summed E-state index contributed by atoms with van der Waals surface area (Å²) in [5, 5.41) is 48.9. The van der Waals surface area contributed by atoms with E-state index in [1.807, 2.05) is 0 Å². The number of carboxylic acid groups (broad SMARTS) is 1. The molecule has 0 fully saturated rings. The van der Waals surface area contributed by atoms with Gasteiger partial charge in [0.15, 0.2) is 23.0 Å². The maximum atomic E-state index is 12.7. The van der Waals surface area contributed by atoms with Crippen molar-refractivity contribution >= 4 is 18.0 Å². The van der Waals surface area contributed by atoms with Crippen LogP contribution in [0.5, 0.6) is 23.0 Å². The van der Waals surface area contributed by atoms with E-state index in [2.05, 4.69) is 0 Å². The molecule has 2 aromatic carbocycles. The molecule has 8 heteroatoms.